The highest BCUT2D eigenvalue weighted by Gasteiger charge is 2.42. The van der Waals surface area contributed by atoms with E-state index in [-0.39, 0.29) is 0 Å². The highest BCUT2D eigenvalue weighted by Crippen LogP contribution is 2.33. The summed E-state index contributed by atoms with van der Waals surface area (Å²) in [7, 11) is 0. The van der Waals surface area contributed by atoms with Crippen LogP contribution in [0.2, 0.25) is 0 Å². The molecule has 0 aromatic rings. The van der Waals surface area contributed by atoms with E-state index in [1.54, 1.807) is 4.90 Å². The number of hydrogen-bond donors (Lipinski definition) is 0. The zero-order chi connectivity index (χ0) is 10.3. The Balaban J connectivity index is 1.86. The molecule has 82 valence electrons. The Morgan fingerprint density at radius 1 is 1.07 bits per heavy atom. The molecule has 2 saturated heterocycles. The van der Waals surface area contributed by atoms with Gasteiger partial charge < -0.3 is 0 Å². The minimum atomic E-state index is -4.04. The van der Waals surface area contributed by atoms with Gasteiger partial charge in [-0.3, -0.25) is 4.90 Å². The molecule has 0 spiro atoms. The van der Waals surface area contributed by atoms with E-state index in [9.17, 15) is 13.2 Å². The molecule has 2 aliphatic rings. The first-order chi connectivity index (χ1) is 6.44. The van der Waals surface area contributed by atoms with Gasteiger partial charge in [0.1, 0.15) is 0 Å². The molecule has 2 aliphatic heterocycles. The molecule has 2 rings (SSSR count). The number of alkyl halides is 3. The van der Waals surface area contributed by atoms with Crippen molar-refractivity contribution in [3.63, 3.8) is 0 Å². The lowest BCUT2D eigenvalue weighted by molar-refractivity contribution is -0.144. The maximum absolute atomic E-state index is 12.1. The van der Waals surface area contributed by atoms with Gasteiger partial charge in [-0.05, 0) is 11.8 Å². The summed E-state index contributed by atoms with van der Waals surface area (Å²) in [5.74, 6) is 0.906. The number of hydrogen-bond acceptors (Lipinski definition) is 2. The van der Waals surface area contributed by atoms with E-state index in [0.29, 0.717) is 24.9 Å². The molecule has 2 atom stereocenters. The zero-order valence-corrected chi connectivity index (χ0v) is 9.75. The van der Waals surface area contributed by atoms with Crippen molar-refractivity contribution in [2.24, 2.45) is 11.8 Å². The van der Waals surface area contributed by atoms with E-state index < -0.39 is 12.7 Å². The van der Waals surface area contributed by atoms with Gasteiger partial charge in [0.05, 0.1) is 6.54 Å². The summed E-state index contributed by atoms with van der Waals surface area (Å²) in [6, 6.07) is 0. The van der Waals surface area contributed by atoms with Crippen LogP contribution < -0.4 is 0 Å². The first-order valence-electron chi connectivity index (χ1n) is 4.64. The van der Waals surface area contributed by atoms with Crippen molar-refractivity contribution in [3.8, 4) is 0 Å². The van der Waals surface area contributed by atoms with Gasteiger partial charge in [-0.15, -0.1) is 0 Å². The molecule has 0 aromatic heterocycles. The van der Waals surface area contributed by atoms with E-state index in [1.165, 1.54) is 0 Å². The monoisotopic (exact) mass is 320 g/mol. The van der Waals surface area contributed by atoms with E-state index in [1.807, 2.05) is 0 Å². The highest BCUT2D eigenvalue weighted by molar-refractivity contribution is 14.1. The topological polar surface area (TPSA) is 6.48 Å². The summed E-state index contributed by atoms with van der Waals surface area (Å²) in [4.78, 5) is 1.54. The summed E-state index contributed by atoms with van der Waals surface area (Å²) in [5.41, 5.74) is 0. The van der Waals surface area contributed by atoms with Gasteiger partial charge in [0.2, 0.25) is 0 Å². The third kappa shape index (κ3) is 2.52. The van der Waals surface area contributed by atoms with Gasteiger partial charge >= 0.3 is 6.18 Å². The molecular formula is C8H12F3IN2. The van der Waals surface area contributed by atoms with Crippen molar-refractivity contribution in [2.45, 2.75) is 6.18 Å². The molecule has 6 heteroatoms. The first kappa shape index (κ1) is 10.9. The Morgan fingerprint density at radius 3 is 2.00 bits per heavy atom. The fourth-order valence-electron chi connectivity index (χ4n) is 2.42. The van der Waals surface area contributed by atoms with Crippen LogP contribution in [0, 0.1) is 11.8 Å². The molecule has 0 bridgehead atoms. The number of rotatable bonds is 1. The third-order valence-corrected chi connectivity index (χ3v) is 3.71. The van der Waals surface area contributed by atoms with E-state index in [4.69, 9.17) is 0 Å². The standard InChI is InChI=1S/C8H12F3IN2/c9-8(10,11)5-13-1-6-3-14(12)4-7(6)2-13/h6-7H,1-5H2/t6-,7+. The van der Waals surface area contributed by atoms with Crippen LogP contribution in [0.1, 0.15) is 0 Å². The van der Waals surface area contributed by atoms with Crippen molar-refractivity contribution in [1.29, 1.82) is 0 Å². The molecular weight excluding hydrogens is 308 g/mol. The van der Waals surface area contributed by atoms with Crippen LogP contribution in [0.25, 0.3) is 0 Å². The first-order valence-corrected chi connectivity index (χ1v) is 5.60. The molecule has 2 nitrogen and oxygen atoms in total. The average Bonchev–Trinajstić information content (AvgIpc) is 2.39. The predicted molar refractivity (Wildman–Crippen MR) is 55.1 cm³/mol. The lowest BCUT2D eigenvalue weighted by Crippen LogP contribution is -2.34. The van der Waals surface area contributed by atoms with Gasteiger partial charge in [0.15, 0.2) is 0 Å². The number of halogens is 4. The molecule has 2 fully saturated rings. The Kier molecular flexibility index (Phi) is 2.96. The number of nitrogens with zero attached hydrogens (tertiary/aromatic N) is 2. The fraction of sp³-hybridized carbons (Fsp3) is 1.00. The van der Waals surface area contributed by atoms with Gasteiger partial charge in [0.25, 0.3) is 0 Å². The van der Waals surface area contributed by atoms with Crippen LogP contribution in [0.15, 0.2) is 0 Å². The van der Waals surface area contributed by atoms with Crippen molar-refractivity contribution < 1.29 is 13.2 Å². The lowest BCUT2D eigenvalue weighted by Gasteiger charge is -2.19. The van der Waals surface area contributed by atoms with Crippen LogP contribution in [0.3, 0.4) is 0 Å². The maximum atomic E-state index is 12.1. The molecule has 0 aromatic carbocycles. The van der Waals surface area contributed by atoms with Crippen molar-refractivity contribution in [1.82, 2.24) is 8.01 Å². The Bertz CT molecular complexity index is 207. The van der Waals surface area contributed by atoms with Crippen LogP contribution in [0.4, 0.5) is 13.2 Å². The quantitative estimate of drug-likeness (QED) is 0.537. The van der Waals surface area contributed by atoms with Crippen molar-refractivity contribution >= 4 is 22.9 Å². The minimum Gasteiger partial charge on any atom is -0.294 e. The Labute approximate surface area is 94.9 Å². The molecule has 0 aliphatic carbocycles. The van der Waals surface area contributed by atoms with E-state index in [2.05, 4.69) is 26.0 Å². The molecule has 0 radical (unpaired) electrons. The lowest BCUT2D eigenvalue weighted by atomic mass is 10.0. The smallest absolute Gasteiger partial charge is 0.294 e. The van der Waals surface area contributed by atoms with E-state index in [0.717, 1.165) is 13.1 Å². The van der Waals surface area contributed by atoms with Crippen LogP contribution in [-0.4, -0.2) is 46.9 Å². The summed E-state index contributed by atoms with van der Waals surface area (Å²) < 4.78 is 38.5. The van der Waals surface area contributed by atoms with Crippen LogP contribution in [0.5, 0.6) is 0 Å². The van der Waals surface area contributed by atoms with E-state index >= 15 is 0 Å². The van der Waals surface area contributed by atoms with Gasteiger partial charge in [-0.25, -0.2) is 3.11 Å². The molecule has 14 heavy (non-hydrogen) atoms. The molecule has 0 saturated carbocycles. The maximum Gasteiger partial charge on any atom is 0.401 e. The SMILES string of the molecule is FC(F)(F)CN1C[C@H]2CN(I)C[C@H]2C1. The number of fused-ring (bicyclic) bond motifs is 1. The summed E-state index contributed by atoms with van der Waals surface area (Å²) >= 11 is 2.25. The minimum absolute atomic E-state index is 0.453. The van der Waals surface area contributed by atoms with Crippen molar-refractivity contribution in [2.75, 3.05) is 32.7 Å². The van der Waals surface area contributed by atoms with Gasteiger partial charge in [-0.2, -0.15) is 13.2 Å². The summed E-state index contributed by atoms with van der Waals surface area (Å²) in [6.07, 6.45) is -4.04. The molecule has 0 amide bonds. The highest BCUT2D eigenvalue weighted by atomic mass is 127. The van der Waals surface area contributed by atoms with Crippen molar-refractivity contribution in [3.05, 3.63) is 0 Å². The van der Waals surface area contributed by atoms with Crippen LogP contribution >= 0.6 is 22.9 Å². The van der Waals surface area contributed by atoms with Gasteiger partial charge in [0, 0.05) is 49.0 Å². The predicted octanol–water partition coefficient (Wildman–Crippen LogP) is 1.76. The second kappa shape index (κ2) is 3.79. The van der Waals surface area contributed by atoms with Crippen LogP contribution in [-0.2, 0) is 0 Å². The normalized spacial score (nSPS) is 35.1. The molecule has 0 N–H and O–H groups in total. The Morgan fingerprint density at radius 2 is 1.57 bits per heavy atom. The largest absolute Gasteiger partial charge is 0.401 e. The fourth-order valence-corrected chi connectivity index (χ4v) is 3.43. The second-order valence-corrected chi connectivity index (χ2v) is 5.52. The molecule has 2 heterocycles. The summed E-state index contributed by atoms with van der Waals surface area (Å²) in [5, 5.41) is 0. The third-order valence-electron chi connectivity index (χ3n) is 2.92. The zero-order valence-electron chi connectivity index (χ0n) is 7.60. The average molecular weight is 320 g/mol. The van der Waals surface area contributed by atoms with Gasteiger partial charge in [-0.1, -0.05) is 0 Å². The summed E-state index contributed by atoms with van der Waals surface area (Å²) in [6.45, 7) is 2.38. The second-order valence-electron chi connectivity index (χ2n) is 4.16. The Hall–Kier alpha value is 0.440. The molecule has 0 unspecified atom stereocenters. The number of likely N-dealkylation sites (tertiary alicyclic amines) is 1.